The van der Waals surface area contributed by atoms with Gasteiger partial charge in [-0.2, -0.15) is 0 Å². The van der Waals surface area contributed by atoms with E-state index in [9.17, 15) is 25.5 Å². The average molecular weight is 259 g/mol. The van der Waals surface area contributed by atoms with Gasteiger partial charge in [0, 0.05) is 16.6 Å². The Labute approximate surface area is 105 Å². The molecule has 18 heavy (non-hydrogen) atoms. The van der Waals surface area contributed by atoms with E-state index in [1.807, 2.05) is 0 Å². The topological polar surface area (TPSA) is 113 Å². The van der Waals surface area contributed by atoms with Gasteiger partial charge in [0.25, 0.3) is 0 Å². The van der Waals surface area contributed by atoms with Crippen molar-refractivity contribution in [2.75, 3.05) is 0 Å². The number of hydrogen-bond donors (Lipinski definition) is 4. The highest BCUT2D eigenvalue weighted by Gasteiger charge is 2.90. The molecule has 0 amide bonds. The molecule has 6 atom stereocenters. The summed E-state index contributed by atoms with van der Waals surface area (Å²) in [7, 11) is 0. The molecule has 3 rings (SSSR count). The van der Waals surface area contributed by atoms with Crippen LogP contribution in [0.2, 0.25) is 0 Å². The van der Waals surface area contributed by atoms with Gasteiger partial charge in [-0.1, -0.05) is 27.7 Å². The first-order valence-electron chi connectivity index (χ1n) is 6.10. The standard InChI is InChI=1S/C12H19O6/c1-8(2)7(14)10(8,15)6-5(13)11(16)9(3,4)12(11,17)18-6/h5-7,13-16H,1-4H3/q-1/t5-,6-,7?,10-,11-,12-/m0/s1. The second-order valence-corrected chi connectivity index (χ2v) is 6.94. The maximum absolute atomic E-state index is 12.3. The molecule has 0 bridgehead atoms. The quantitative estimate of drug-likeness (QED) is 0.421. The molecule has 3 aliphatic rings. The summed E-state index contributed by atoms with van der Waals surface area (Å²) in [6.07, 6.45) is -3.86. The summed E-state index contributed by atoms with van der Waals surface area (Å²) >= 11 is 0. The Hall–Kier alpha value is -0.240. The minimum Gasteiger partial charge on any atom is -0.826 e. The van der Waals surface area contributed by atoms with Crippen molar-refractivity contribution in [3.63, 3.8) is 0 Å². The first-order valence-corrected chi connectivity index (χ1v) is 6.10. The largest absolute Gasteiger partial charge is 0.826 e. The Morgan fingerprint density at radius 2 is 1.50 bits per heavy atom. The van der Waals surface area contributed by atoms with Crippen LogP contribution in [-0.4, -0.2) is 55.7 Å². The molecule has 104 valence electrons. The van der Waals surface area contributed by atoms with E-state index in [1.54, 1.807) is 13.8 Å². The van der Waals surface area contributed by atoms with Gasteiger partial charge in [-0.3, -0.25) is 0 Å². The van der Waals surface area contributed by atoms with Crippen LogP contribution in [0.3, 0.4) is 0 Å². The van der Waals surface area contributed by atoms with E-state index < -0.39 is 46.1 Å². The minimum atomic E-state index is -2.13. The van der Waals surface area contributed by atoms with E-state index in [2.05, 4.69) is 0 Å². The Kier molecular flexibility index (Phi) is 1.87. The molecule has 0 aromatic rings. The second kappa shape index (κ2) is 2.63. The van der Waals surface area contributed by atoms with Gasteiger partial charge >= 0.3 is 0 Å². The van der Waals surface area contributed by atoms with Gasteiger partial charge in [0.15, 0.2) is 0 Å². The summed E-state index contributed by atoms with van der Waals surface area (Å²) in [5, 5.41) is 52.9. The predicted octanol–water partition coefficient (Wildman–Crippen LogP) is -2.29. The van der Waals surface area contributed by atoms with Crippen LogP contribution in [-0.2, 0) is 4.74 Å². The maximum Gasteiger partial charge on any atom is 0.127 e. The first-order chi connectivity index (χ1) is 7.90. The number of aliphatic hydroxyl groups is 4. The molecular weight excluding hydrogens is 240 g/mol. The molecule has 0 aromatic carbocycles. The smallest absolute Gasteiger partial charge is 0.127 e. The third-order valence-corrected chi connectivity index (χ3v) is 5.71. The fraction of sp³-hybridized carbons (Fsp3) is 1.00. The molecule has 1 heterocycles. The average Bonchev–Trinajstić information content (AvgIpc) is 2.72. The van der Waals surface area contributed by atoms with Crippen LogP contribution in [0.1, 0.15) is 27.7 Å². The Morgan fingerprint density at radius 1 is 1.06 bits per heavy atom. The lowest BCUT2D eigenvalue weighted by Gasteiger charge is -2.33. The number of fused-ring (bicyclic) bond motifs is 1. The Balaban J connectivity index is 1.95. The number of ether oxygens (including phenoxy) is 1. The van der Waals surface area contributed by atoms with Gasteiger partial charge in [-0.15, -0.1) is 0 Å². The molecule has 0 aromatic heterocycles. The first kappa shape index (κ1) is 12.8. The van der Waals surface area contributed by atoms with Crippen LogP contribution in [0.5, 0.6) is 0 Å². The number of hydrogen-bond acceptors (Lipinski definition) is 6. The van der Waals surface area contributed by atoms with Gasteiger partial charge in [-0.05, 0) is 0 Å². The molecule has 3 fully saturated rings. The van der Waals surface area contributed by atoms with Crippen LogP contribution < -0.4 is 5.11 Å². The zero-order chi connectivity index (χ0) is 13.9. The summed E-state index contributed by atoms with van der Waals surface area (Å²) in [5.41, 5.74) is -5.59. The van der Waals surface area contributed by atoms with Crippen LogP contribution in [0.15, 0.2) is 0 Å². The van der Waals surface area contributed by atoms with Crippen molar-refractivity contribution in [2.24, 2.45) is 10.8 Å². The number of rotatable bonds is 1. The molecule has 2 aliphatic carbocycles. The molecule has 2 saturated carbocycles. The van der Waals surface area contributed by atoms with Crippen molar-refractivity contribution in [1.29, 1.82) is 0 Å². The summed E-state index contributed by atoms with van der Waals surface area (Å²) in [4.78, 5) is 0. The zero-order valence-electron chi connectivity index (χ0n) is 10.8. The molecule has 0 spiro atoms. The van der Waals surface area contributed by atoms with Crippen molar-refractivity contribution in [1.82, 2.24) is 0 Å². The van der Waals surface area contributed by atoms with Gasteiger partial charge in [-0.25, -0.2) is 0 Å². The summed E-state index contributed by atoms with van der Waals surface area (Å²) in [6.45, 7) is 6.25. The van der Waals surface area contributed by atoms with Gasteiger partial charge < -0.3 is 30.3 Å². The van der Waals surface area contributed by atoms with Crippen molar-refractivity contribution < 1.29 is 30.3 Å². The molecular formula is C12H19O6-. The predicted molar refractivity (Wildman–Crippen MR) is 57.1 cm³/mol. The lowest BCUT2D eigenvalue weighted by Crippen LogP contribution is -2.49. The van der Waals surface area contributed by atoms with Gasteiger partial charge in [0.2, 0.25) is 0 Å². The van der Waals surface area contributed by atoms with Crippen molar-refractivity contribution >= 4 is 0 Å². The SMILES string of the molecule is CC1(C)C(O)[C@@]1(O)[C@H]1O[C@@]2([O-])C(C)(C)[C@@]2(O)[C@H]1O. The minimum absolute atomic E-state index is 0.869. The lowest BCUT2D eigenvalue weighted by atomic mass is 9.91. The lowest BCUT2D eigenvalue weighted by molar-refractivity contribution is -0.532. The Bertz CT molecular complexity index is 434. The van der Waals surface area contributed by atoms with Gasteiger partial charge in [0.1, 0.15) is 23.4 Å². The summed E-state index contributed by atoms with van der Waals surface area (Å²) in [5.74, 6) is -2.13. The van der Waals surface area contributed by atoms with Gasteiger partial charge in [0.05, 0.1) is 6.10 Å². The summed E-state index contributed by atoms with van der Waals surface area (Å²) in [6, 6.07) is 0. The highest BCUT2D eigenvalue weighted by Crippen LogP contribution is 2.73. The molecule has 1 aliphatic heterocycles. The van der Waals surface area contributed by atoms with E-state index in [4.69, 9.17) is 4.74 Å². The monoisotopic (exact) mass is 259 g/mol. The second-order valence-electron chi connectivity index (χ2n) is 6.94. The van der Waals surface area contributed by atoms with E-state index in [0.717, 1.165) is 0 Å². The zero-order valence-corrected chi connectivity index (χ0v) is 10.8. The maximum atomic E-state index is 12.3. The van der Waals surface area contributed by atoms with Crippen molar-refractivity contribution in [3.8, 4) is 0 Å². The van der Waals surface area contributed by atoms with E-state index in [0.29, 0.717) is 0 Å². The van der Waals surface area contributed by atoms with Crippen molar-refractivity contribution in [3.05, 3.63) is 0 Å². The highest BCUT2D eigenvalue weighted by atomic mass is 16.7. The normalized spacial score (nSPS) is 63.5. The molecule has 1 saturated heterocycles. The molecule has 6 heteroatoms. The van der Waals surface area contributed by atoms with E-state index in [1.165, 1.54) is 13.8 Å². The fourth-order valence-corrected chi connectivity index (χ4v) is 3.67. The van der Waals surface area contributed by atoms with Crippen LogP contribution in [0, 0.1) is 10.8 Å². The molecule has 4 N–H and O–H groups in total. The van der Waals surface area contributed by atoms with Crippen LogP contribution >= 0.6 is 0 Å². The Morgan fingerprint density at radius 3 is 1.78 bits per heavy atom. The molecule has 0 radical (unpaired) electrons. The third kappa shape index (κ3) is 0.819. The fourth-order valence-electron chi connectivity index (χ4n) is 3.67. The van der Waals surface area contributed by atoms with E-state index >= 15 is 0 Å². The third-order valence-electron chi connectivity index (χ3n) is 5.71. The summed E-state index contributed by atoms with van der Waals surface area (Å²) < 4.78 is 5.22. The number of aliphatic hydroxyl groups excluding tert-OH is 2. The van der Waals surface area contributed by atoms with Crippen LogP contribution in [0.4, 0.5) is 0 Å². The highest BCUT2D eigenvalue weighted by molar-refractivity contribution is 5.39. The van der Waals surface area contributed by atoms with Crippen molar-refractivity contribution in [2.45, 2.75) is 63.0 Å². The molecule has 1 unspecified atom stereocenters. The van der Waals surface area contributed by atoms with Crippen LogP contribution in [0.25, 0.3) is 0 Å². The van der Waals surface area contributed by atoms with E-state index in [-0.39, 0.29) is 0 Å². The molecule has 6 nitrogen and oxygen atoms in total.